The summed E-state index contributed by atoms with van der Waals surface area (Å²) < 4.78 is 27.5. The normalized spacial score (nSPS) is 11.7. The zero-order valence-electron chi connectivity index (χ0n) is 14.0. The van der Waals surface area contributed by atoms with Crippen molar-refractivity contribution >= 4 is 34.0 Å². The van der Waals surface area contributed by atoms with Gasteiger partial charge in [0.25, 0.3) is 0 Å². The third kappa shape index (κ3) is 7.30. The van der Waals surface area contributed by atoms with Gasteiger partial charge in [0.15, 0.2) is 0 Å². The quantitative estimate of drug-likeness (QED) is 0.720. The Morgan fingerprint density at radius 3 is 2.39 bits per heavy atom. The summed E-state index contributed by atoms with van der Waals surface area (Å²) in [4.78, 5) is 11.9. The molecule has 0 saturated carbocycles. The first-order valence-corrected chi connectivity index (χ1v) is 8.68. The van der Waals surface area contributed by atoms with E-state index in [0.717, 1.165) is 0 Å². The third-order valence-electron chi connectivity index (χ3n) is 2.81. The molecule has 0 spiro atoms. The van der Waals surface area contributed by atoms with Gasteiger partial charge in [-0.2, -0.15) is 0 Å². The number of sulfonamides is 1. The number of hydrogen-bond acceptors (Lipinski definition) is 4. The number of aryl methyl sites for hydroxylation is 1. The Hall–Kier alpha value is -1.15. The van der Waals surface area contributed by atoms with Crippen LogP contribution in [-0.4, -0.2) is 26.4 Å². The minimum atomic E-state index is -3.65. The number of nitrogens with two attached hydrogens (primary N) is 1. The fourth-order valence-electron chi connectivity index (χ4n) is 1.91. The first-order valence-electron chi connectivity index (χ1n) is 7.20. The number of benzene rings is 1. The molecule has 1 rings (SSSR count). The highest BCUT2D eigenvalue weighted by Gasteiger charge is 2.24. The molecule has 0 aliphatic carbocycles. The van der Waals surface area contributed by atoms with Crippen LogP contribution in [0.2, 0.25) is 0 Å². The summed E-state index contributed by atoms with van der Waals surface area (Å²) in [5.41, 5.74) is 5.87. The number of carbonyl (C=O) groups excluding carboxylic acids is 1. The molecule has 1 aromatic carbocycles. The highest BCUT2D eigenvalue weighted by molar-refractivity contribution is 7.89. The summed E-state index contributed by atoms with van der Waals surface area (Å²) in [6.07, 6.45) is 0.904. The lowest BCUT2D eigenvalue weighted by molar-refractivity contribution is -0.116. The van der Waals surface area contributed by atoms with E-state index in [2.05, 4.69) is 10.0 Å². The standard InChI is InChI=1S/C15H25N3O3S.ClH/c1-11-7-8-12(17-14(19)6-5-9-16)10-13(11)22(20,21)18-15(2,3)4;/h7-8,10,18H,5-6,9,16H2,1-4H3,(H,17,19);1H. The highest BCUT2D eigenvalue weighted by Crippen LogP contribution is 2.21. The number of nitrogens with one attached hydrogen (secondary N) is 2. The van der Waals surface area contributed by atoms with Crippen molar-refractivity contribution < 1.29 is 13.2 Å². The number of carbonyl (C=O) groups is 1. The van der Waals surface area contributed by atoms with Crippen LogP contribution < -0.4 is 15.8 Å². The summed E-state index contributed by atoms with van der Waals surface area (Å²) in [6, 6.07) is 4.84. The number of amides is 1. The second-order valence-electron chi connectivity index (χ2n) is 6.28. The highest BCUT2D eigenvalue weighted by atomic mass is 35.5. The van der Waals surface area contributed by atoms with Crippen LogP contribution in [0.5, 0.6) is 0 Å². The molecule has 0 fully saturated rings. The molecular formula is C15H26ClN3O3S. The van der Waals surface area contributed by atoms with Crippen LogP contribution in [0.4, 0.5) is 5.69 Å². The van der Waals surface area contributed by atoms with Crippen LogP contribution in [-0.2, 0) is 14.8 Å². The van der Waals surface area contributed by atoms with Gasteiger partial charge in [0.1, 0.15) is 0 Å². The molecule has 0 heterocycles. The van der Waals surface area contributed by atoms with E-state index in [1.54, 1.807) is 39.8 Å². The van der Waals surface area contributed by atoms with Gasteiger partial charge in [0.2, 0.25) is 15.9 Å². The number of rotatable bonds is 6. The van der Waals surface area contributed by atoms with Gasteiger partial charge in [-0.25, -0.2) is 13.1 Å². The van der Waals surface area contributed by atoms with Crippen molar-refractivity contribution in [1.29, 1.82) is 0 Å². The lowest BCUT2D eigenvalue weighted by Crippen LogP contribution is -2.40. The fourth-order valence-corrected chi connectivity index (χ4v) is 3.60. The van der Waals surface area contributed by atoms with E-state index >= 15 is 0 Å². The molecule has 8 heteroatoms. The van der Waals surface area contributed by atoms with E-state index in [9.17, 15) is 13.2 Å². The zero-order chi connectivity index (χ0) is 17.0. The van der Waals surface area contributed by atoms with E-state index in [1.807, 2.05) is 0 Å². The second-order valence-corrected chi connectivity index (χ2v) is 7.93. The van der Waals surface area contributed by atoms with Gasteiger partial charge in [-0.1, -0.05) is 6.07 Å². The van der Waals surface area contributed by atoms with Gasteiger partial charge in [-0.05, 0) is 58.4 Å². The lowest BCUT2D eigenvalue weighted by atomic mass is 10.1. The van der Waals surface area contributed by atoms with Gasteiger partial charge in [-0.15, -0.1) is 12.4 Å². The number of hydrogen-bond donors (Lipinski definition) is 3. The van der Waals surface area contributed by atoms with Crippen LogP contribution in [0.3, 0.4) is 0 Å². The van der Waals surface area contributed by atoms with Crippen molar-refractivity contribution in [2.24, 2.45) is 5.73 Å². The number of anilines is 1. The monoisotopic (exact) mass is 363 g/mol. The van der Waals surface area contributed by atoms with Crippen molar-refractivity contribution in [3.05, 3.63) is 23.8 Å². The molecule has 4 N–H and O–H groups in total. The molecule has 0 bridgehead atoms. The van der Waals surface area contributed by atoms with Crippen LogP contribution in [0, 0.1) is 6.92 Å². The molecule has 1 amide bonds. The van der Waals surface area contributed by atoms with Gasteiger partial charge in [0, 0.05) is 17.6 Å². The van der Waals surface area contributed by atoms with Crippen LogP contribution >= 0.6 is 12.4 Å². The summed E-state index contributed by atoms with van der Waals surface area (Å²) in [5.74, 6) is -0.179. The van der Waals surface area contributed by atoms with Crippen LogP contribution in [0.15, 0.2) is 23.1 Å². The molecule has 0 aliphatic rings. The molecule has 0 aliphatic heterocycles. The molecule has 132 valence electrons. The molecule has 23 heavy (non-hydrogen) atoms. The Bertz CT molecular complexity index is 640. The molecule has 0 aromatic heterocycles. The van der Waals surface area contributed by atoms with E-state index < -0.39 is 15.6 Å². The van der Waals surface area contributed by atoms with Crippen molar-refractivity contribution in [1.82, 2.24) is 4.72 Å². The SMILES string of the molecule is Cc1ccc(NC(=O)CCCN)cc1S(=O)(=O)NC(C)(C)C.Cl. The van der Waals surface area contributed by atoms with Crippen molar-refractivity contribution in [3.63, 3.8) is 0 Å². The van der Waals surface area contributed by atoms with Crippen molar-refractivity contribution in [2.75, 3.05) is 11.9 Å². The number of halogens is 1. The Balaban J connectivity index is 0.00000484. The maximum Gasteiger partial charge on any atom is 0.241 e. The molecule has 0 atom stereocenters. The Kier molecular flexibility index (Phi) is 8.20. The first-order chi connectivity index (χ1) is 10.0. The molecule has 6 nitrogen and oxygen atoms in total. The smallest absolute Gasteiger partial charge is 0.241 e. The van der Waals surface area contributed by atoms with Gasteiger partial charge in [0.05, 0.1) is 4.90 Å². The minimum absolute atomic E-state index is 0. The second kappa shape index (κ2) is 8.63. The zero-order valence-corrected chi connectivity index (χ0v) is 15.6. The lowest BCUT2D eigenvalue weighted by Gasteiger charge is -2.21. The van der Waals surface area contributed by atoms with Gasteiger partial charge < -0.3 is 11.1 Å². The predicted molar refractivity (Wildman–Crippen MR) is 95.4 cm³/mol. The van der Waals surface area contributed by atoms with Crippen molar-refractivity contribution in [3.8, 4) is 0 Å². The average molecular weight is 364 g/mol. The summed E-state index contributed by atoms with van der Waals surface area (Å²) in [5, 5.41) is 2.69. The largest absolute Gasteiger partial charge is 0.330 e. The Morgan fingerprint density at radius 1 is 1.26 bits per heavy atom. The topological polar surface area (TPSA) is 101 Å². The van der Waals surface area contributed by atoms with Crippen molar-refractivity contribution in [2.45, 2.75) is 51.0 Å². The Morgan fingerprint density at radius 2 is 1.87 bits per heavy atom. The van der Waals surface area contributed by atoms with Crippen LogP contribution in [0.25, 0.3) is 0 Å². The summed E-state index contributed by atoms with van der Waals surface area (Å²) in [7, 11) is -3.65. The maximum atomic E-state index is 12.4. The van der Waals surface area contributed by atoms with Crippen LogP contribution in [0.1, 0.15) is 39.2 Å². The van der Waals surface area contributed by atoms with E-state index in [0.29, 0.717) is 30.6 Å². The average Bonchev–Trinajstić information content (AvgIpc) is 2.35. The van der Waals surface area contributed by atoms with E-state index in [4.69, 9.17) is 5.73 Å². The summed E-state index contributed by atoms with van der Waals surface area (Å²) in [6.45, 7) is 7.49. The van der Waals surface area contributed by atoms with E-state index in [-0.39, 0.29) is 23.2 Å². The third-order valence-corrected chi connectivity index (χ3v) is 4.71. The minimum Gasteiger partial charge on any atom is -0.330 e. The van der Waals surface area contributed by atoms with E-state index in [1.165, 1.54) is 6.07 Å². The molecule has 1 aromatic rings. The van der Waals surface area contributed by atoms with Gasteiger partial charge in [-0.3, -0.25) is 4.79 Å². The molecule has 0 radical (unpaired) electrons. The Labute approximate surface area is 144 Å². The predicted octanol–water partition coefficient (Wildman–Crippen LogP) is 2.17. The molecular weight excluding hydrogens is 338 g/mol. The molecule has 0 unspecified atom stereocenters. The maximum absolute atomic E-state index is 12.4. The first kappa shape index (κ1) is 21.9. The fraction of sp³-hybridized carbons (Fsp3) is 0.533. The van der Waals surface area contributed by atoms with Gasteiger partial charge >= 0.3 is 0 Å². The summed E-state index contributed by atoms with van der Waals surface area (Å²) >= 11 is 0. The molecule has 0 saturated heterocycles.